The lowest BCUT2D eigenvalue weighted by Gasteiger charge is -2.45. The van der Waals surface area contributed by atoms with Crippen LogP contribution in [0.4, 0.5) is 4.79 Å². The molecule has 0 aromatic heterocycles. The minimum atomic E-state index is -0.941. The maximum Gasteiger partial charge on any atom is 0.327 e. The molecule has 1 aliphatic carbocycles. The molecule has 1 saturated carbocycles. The molecular formula is C15H23N3O3. The number of piperidine rings is 1. The molecule has 2 rings (SSSR count). The van der Waals surface area contributed by atoms with E-state index in [9.17, 15) is 14.7 Å². The van der Waals surface area contributed by atoms with Gasteiger partial charge < -0.3 is 14.9 Å². The van der Waals surface area contributed by atoms with Crippen LogP contribution < -0.4 is 0 Å². The molecular weight excluding hydrogens is 270 g/mol. The predicted molar refractivity (Wildman–Crippen MR) is 76.5 cm³/mol. The summed E-state index contributed by atoms with van der Waals surface area (Å²) in [7, 11) is 0. The van der Waals surface area contributed by atoms with Gasteiger partial charge in [0.25, 0.3) is 0 Å². The van der Waals surface area contributed by atoms with E-state index in [0.29, 0.717) is 13.1 Å². The van der Waals surface area contributed by atoms with Gasteiger partial charge in [-0.15, -0.1) is 0 Å². The number of carbonyl (C=O) groups is 2. The molecule has 1 N–H and O–H groups in total. The van der Waals surface area contributed by atoms with E-state index in [-0.39, 0.29) is 18.5 Å². The number of aliphatic carboxylic acids is 1. The monoisotopic (exact) mass is 293 g/mol. The topological polar surface area (TPSA) is 84.6 Å². The molecule has 21 heavy (non-hydrogen) atoms. The molecule has 1 heterocycles. The number of carboxylic acid groups (broad SMARTS) is 1. The van der Waals surface area contributed by atoms with E-state index in [1.165, 1.54) is 4.90 Å². The highest BCUT2D eigenvalue weighted by atomic mass is 16.4. The number of nitrogens with zero attached hydrogens (tertiary/aromatic N) is 3. The third-order valence-electron chi connectivity index (χ3n) is 4.45. The standard InChI is InChI=1S/C15H23N3O3/c1-15(2)7-3-9-18(12(15)13(19)20)14(21)17(10-4-8-16)11-5-6-11/h11-12H,3-7,9-10H2,1-2H3,(H,19,20). The van der Waals surface area contributed by atoms with Crippen LogP contribution in [0.3, 0.4) is 0 Å². The van der Waals surface area contributed by atoms with Crippen LogP contribution in [0, 0.1) is 16.7 Å². The fourth-order valence-electron chi connectivity index (χ4n) is 3.22. The minimum Gasteiger partial charge on any atom is -0.480 e. The zero-order chi connectivity index (χ0) is 15.6. The Labute approximate surface area is 125 Å². The van der Waals surface area contributed by atoms with Crippen molar-refractivity contribution < 1.29 is 14.7 Å². The smallest absolute Gasteiger partial charge is 0.327 e. The summed E-state index contributed by atoms with van der Waals surface area (Å²) in [5.74, 6) is -0.941. The molecule has 1 aliphatic heterocycles. The maximum atomic E-state index is 12.8. The van der Waals surface area contributed by atoms with Crippen molar-refractivity contribution in [1.29, 1.82) is 5.26 Å². The van der Waals surface area contributed by atoms with Crippen LogP contribution in [-0.2, 0) is 4.79 Å². The molecule has 1 saturated heterocycles. The normalized spacial score (nSPS) is 24.2. The molecule has 0 bridgehead atoms. The van der Waals surface area contributed by atoms with Crippen LogP contribution in [0.5, 0.6) is 0 Å². The molecule has 2 aliphatic rings. The lowest BCUT2D eigenvalue weighted by Crippen LogP contribution is -2.59. The van der Waals surface area contributed by atoms with Gasteiger partial charge in [0.1, 0.15) is 6.04 Å². The first kappa shape index (κ1) is 15.6. The van der Waals surface area contributed by atoms with Crippen molar-refractivity contribution in [3.8, 4) is 6.07 Å². The molecule has 0 spiro atoms. The van der Waals surface area contributed by atoms with E-state index in [0.717, 1.165) is 25.7 Å². The van der Waals surface area contributed by atoms with Gasteiger partial charge in [-0.3, -0.25) is 0 Å². The van der Waals surface area contributed by atoms with Gasteiger partial charge in [-0.2, -0.15) is 5.26 Å². The fourth-order valence-corrected chi connectivity index (χ4v) is 3.22. The van der Waals surface area contributed by atoms with Crippen LogP contribution in [-0.4, -0.2) is 52.1 Å². The molecule has 1 unspecified atom stereocenters. The van der Waals surface area contributed by atoms with Crippen LogP contribution in [0.2, 0.25) is 0 Å². The van der Waals surface area contributed by atoms with Crippen molar-refractivity contribution in [2.75, 3.05) is 13.1 Å². The third kappa shape index (κ3) is 3.29. The molecule has 116 valence electrons. The van der Waals surface area contributed by atoms with Gasteiger partial charge in [-0.25, -0.2) is 9.59 Å². The largest absolute Gasteiger partial charge is 0.480 e. The van der Waals surface area contributed by atoms with Gasteiger partial charge in [0, 0.05) is 19.1 Å². The summed E-state index contributed by atoms with van der Waals surface area (Å²) >= 11 is 0. The Morgan fingerprint density at radius 2 is 2.10 bits per heavy atom. The maximum absolute atomic E-state index is 12.8. The summed E-state index contributed by atoms with van der Waals surface area (Å²) in [6.45, 7) is 4.68. The van der Waals surface area contributed by atoms with E-state index < -0.39 is 17.4 Å². The molecule has 0 radical (unpaired) electrons. The van der Waals surface area contributed by atoms with Gasteiger partial charge in [0.2, 0.25) is 0 Å². The van der Waals surface area contributed by atoms with Crippen LogP contribution in [0.1, 0.15) is 46.0 Å². The second-order valence-electron chi connectivity index (χ2n) is 6.64. The highest BCUT2D eigenvalue weighted by molar-refractivity contribution is 5.84. The third-order valence-corrected chi connectivity index (χ3v) is 4.45. The van der Waals surface area contributed by atoms with Crippen molar-refractivity contribution in [3.05, 3.63) is 0 Å². The number of carbonyl (C=O) groups excluding carboxylic acids is 1. The van der Waals surface area contributed by atoms with E-state index >= 15 is 0 Å². The van der Waals surface area contributed by atoms with E-state index in [1.54, 1.807) is 4.90 Å². The van der Waals surface area contributed by atoms with Crippen molar-refractivity contribution >= 4 is 12.0 Å². The number of amides is 2. The molecule has 6 heteroatoms. The Kier molecular flexibility index (Phi) is 4.40. The summed E-state index contributed by atoms with van der Waals surface area (Å²) < 4.78 is 0. The second-order valence-corrected chi connectivity index (χ2v) is 6.64. The average molecular weight is 293 g/mol. The summed E-state index contributed by atoms with van der Waals surface area (Å²) in [5, 5.41) is 18.3. The first-order valence-corrected chi connectivity index (χ1v) is 7.55. The highest BCUT2D eigenvalue weighted by Crippen LogP contribution is 2.37. The fraction of sp³-hybridized carbons (Fsp3) is 0.800. The van der Waals surface area contributed by atoms with E-state index in [1.807, 2.05) is 13.8 Å². The Bertz CT molecular complexity index is 465. The van der Waals surface area contributed by atoms with Gasteiger partial charge in [-0.1, -0.05) is 13.8 Å². The van der Waals surface area contributed by atoms with Crippen molar-refractivity contribution in [2.45, 2.75) is 58.0 Å². The number of rotatable bonds is 4. The Morgan fingerprint density at radius 3 is 2.62 bits per heavy atom. The summed E-state index contributed by atoms with van der Waals surface area (Å²) in [4.78, 5) is 27.6. The Hall–Kier alpha value is -1.77. The van der Waals surface area contributed by atoms with Crippen LogP contribution in [0.25, 0.3) is 0 Å². The lowest BCUT2D eigenvalue weighted by molar-refractivity contribution is -0.148. The SMILES string of the molecule is CC1(C)CCCN(C(=O)N(CCC#N)C2CC2)C1C(=O)O. The molecule has 2 amide bonds. The first-order chi connectivity index (χ1) is 9.88. The van der Waals surface area contributed by atoms with Crippen molar-refractivity contribution in [2.24, 2.45) is 5.41 Å². The number of urea groups is 1. The summed E-state index contributed by atoms with van der Waals surface area (Å²) in [5.41, 5.74) is -0.426. The molecule has 1 atom stereocenters. The lowest BCUT2D eigenvalue weighted by atomic mass is 9.76. The van der Waals surface area contributed by atoms with Gasteiger partial charge in [0.05, 0.1) is 12.5 Å². The number of nitriles is 1. The van der Waals surface area contributed by atoms with Gasteiger partial charge >= 0.3 is 12.0 Å². The quantitative estimate of drug-likeness (QED) is 0.859. The van der Waals surface area contributed by atoms with E-state index in [4.69, 9.17) is 5.26 Å². The van der Waals surface area contributed by atoms with Crippen LogP contribution in [0.15, 0.2) is 0 Å². The summed E-state index contributed by atoms with van der Waals surface area (Å²) in [6, 6.07) is 1.24. The van der Waals surface area contributed by atoms with Crippen molar-refractivity contribution in [1.82, 2.24) is 9.80 Å². The molecule has 2 fully saturated rings. The predicted octanol–water partition coefficient (Wildman–Crippen LogP) is 2.06. The first-order valence-electron chi connectivity index (χ1n) is 7.55. The molecule has 0 aromatic rings. The van der Waals surface area contributed by atoms with Crippen molar-refractivity contribution in [3.63, 3.8) is 0 Å². The summed E-state index contributed by atoms with van der Waals surface area (Å²) in [6.07, 6.45) is 3.81. The van der Waals surface area contributed by atoms with Gasteiger partial charge in [-0.05, 0) is 31.1 Å². The minimum absolute atomic E-state index is 0.185. The highest BCUT2D eigenvalue weighted by Gasteiger charge is 2.47. The Morgan fingerprint density at radius 1 is 1.43 bits per heavy atom. The second kappa shape index (κ2) is 5.92. The van der Waals surface area contributed by atoms with Crippen LogP contribution >= 0.6 is 0 Å². The molecule has 0 aromatic carbocycles. The average Bonchev–Trinajstić information content (AvgIpc) is 3.21. The molecule has 6 nitrogen and oxygen atoms in total. The number of hydrogen-bond acceptors (Lipinski definition) is 3. The van der Waals surface area contributed by atoms with E-state index in [2.05, 4.69) is 6.07 Å². The number of hydrogen-bond donors (Lipinski definition) is 1. The van der Waals surface area contributed by atoms with Gasteiger partial charge in [0.15, 0.2) is 0 Å². The number of carboxylic acids is 1. The Balaban J connectivity index is 2.18. The zero-order valence-electron chi connectivity index (χ0n) is 12.7. The zero-order valence-corrected chi connectivity index (χ0v) is 12.7. The number of likely N-dealkylation sites (tertiary alicyclic amines) is 1.